The van der Waals surface area contributed by atoms with E-state index in [1.807, 2.05) is 13.2 Å². The molecular formula is C16H21N3. The second-order valence-electron chi connectivity index (χ2n) is 5.46. The van der Waals surface area contributed by atoms with E-state index in [0.717, 1.165) is 30.5 Å². The largest absolute Gasteiger partial charge is 0.386 e. The van der Waals surface area contributed by atoms with Crippen LogP contribution in [0, 0.1) is 5.92 Å². The average molecular weight is 255 g/mol. The van der Waals surface area contributed by atoms with Crippen molar-refractivity contribution >= 4 is 22.3 Å². The van der Waals surface area contributed by atoms with Gasteiger partial charge in [0.2, 0.25) is 0 Å². The zero-order valence-corrected chi connectivity index (χ0v) is 11.7. The zero-order chi connectivity index (χ0) is 13.2. The lowest BCUT2D eigenvalue weighted by Gasteiger charge is -2.32. The molecule has 0 saturated carbocycles. The number of hydrogen-bond donors (Lipinski definition) is 1. The molecular weight excluding hydrogens is 234 g/mol. The fraction of sp³-hybridized carbons (Fsp3) is 0.438. The standard InChI is InChI=1S/C16H21N3/c1-12-7-9-19(10-8-12)16-14-6-4-3-5-13(14)15(17-2)11-18-16/h3-6,11-12,17H,7-10H2,1-2H3. The van der Waals surface area contributed by atoms with Gasteiger partial charge in [-0.1, -0.05) is 31.2 Å². The van der Waals surface area contributed by atoms with E-state index in [2.05, 4.69) is 46.4 Å². The number of benzene rings is 1. The van der Waals surface area contributed by atoms with E-state index in [4.69, 9.17) is 0 Å². The molecule has 1 saturated heterocycles. The Morgan fingerprint density at radius 1 is 1.16 bits per heavy atom. The highest BCUT2D eigenvalue weighted by atomic mass is 15.2. The maximum atomic E-state index is 4.69. The fourth-order valence-corrected chi connectivity index (χ4v) is 2.85. The van der Waals surface area contributed by atoms with Gasteiger partial charge < -0.3 is 10.2 Å². The van der Waals surface area contributed by atoms with Gasteiger partial charge in [0.15, 0.2) is 0 Å². The van der Waals surface area contributed by atoms with Crippen LogP contribution in [0.5, 0.6) is 0 Å². The Labute approximate surface area is 114 Å². The molecule has 1 N–H and O–H groups in total. The van der Waals surface area contributed by atoms with E-state index < -0.39 is 0 Å². The highest BCUT2D eigenvalue weighted by molar-refractivity contribution is 6.00. The van der Waals surface area contributed by atoms with Crippen LogP contribution in [0.1, 0.15) is 19.8 Å². The van der Waals surface area contributed by atoms with Gasteiger partial charge in [0.05, 0.1) is 11.9 Å². The predicted molar refractivity (Wildman–Crippen MR) is 81.9 cm³/mol. The molecule has 3 heteroatoms. The molecule has 0 amide bonds. The lowest BCUT2D eigenvalue weighted by atomic mass is 9.99. The van der Waals surface area contributed by atoms with Crippen molar-refractivity contribution in [3.8, 4) is 0 Å². The van der Waals surface area contributed by atoms with Crippen molar-refractivity contribution in [2.24, 2.45) is 5.92 Å². The molecule has 2 heterocycles. The van der Waals surface area contributed by atoms with E-state index in [9.17, 15) is 0 Å². The van der Waals surface area contributed by atoms with Gasteiger partial charge in [0.25, 0.3) is 0 Å². The molecule has 0 radical (unpaired) electrons. The van der Waals surface area contributed by atoms with Crippen molar-refractivity contribution in [3.05, 3.63) is 30.5 Å². The van der Waals surface area contributed by atoms with Crippen molar-refractivity contribution < 1.29 is 0 Å². The number of aromatic nitrogens is 1. The van der Waals surface area contributed by atoms with E-state index in [0.29, 0.717) is 0 Å². The van der Waals surface area contributed by atoms with Crippen LogP contribution >= 0.6 is 0 Å². The first-order chi connectivity index (χ1) is 9.29. The first kappa shape index (κ1) is 12.3. The van der Waals surface area contributed by atoms with Crippen LogP contribution in [-0.4, -0.2) is 25.1 Å². The minimum absolute atomic E-state index is 0.846. The molecule has 1 aromatic heterocycles. The lowest BCUT2D eigenvalue weighted by Crippen LogP contribution is -2.33. The highest BCUT2D eigenvalue weighted by Gasteiger charge is 2.19. The summed E-state index contributed by atoms with van der Waals surface area (Å²) >= 11 is 0. The van der Waals surface area contributed by atoms with Crippen LogP contribution in [0.2, 0.25) is 0 Å². The van der Waals surface area contributed by atoms with Gasteiger partial charge in [-0.25, -0.2) is 4.98 Å². The molecule has 1 aromatic carbocycles. The summed E-state index contributed by atoms with van der Waals surface area (Å²) in [6.45, 7) is 4.58. The second-order valence-corrected chi connectivity index (χ2v) is 5.46. The number of rotatable bonds is 2. The van der Waals surface area contributed by atoms with E-state index in [1.54, 1.807) is 0 Å². The quantitative estimate of drug-likeness (QED) is 0.890. The third-order valence-electron chi connectivity index (χ3n) is 4.13. The van der Waals surface area contributed by atoms with Gasteiger partial charge in [-0.3, -0.25) is 0 Å². The fourth-order valence-electron chi connectivity index (χ4n) is 2.85. The molecule has 1 aliphatic rings. The number of pyridine rings is 1. The van der Waals surface area contributed by atoms with Gasteiger partial charge in [0.1, 0.15) is 5.82 Å². The Balaban J connectivity index is 2.04. The Kier molecular flexibility index (Phi) is 3.28. The molecule has 3 nitrogen and oxygen atoms in total. The molecule has 1 aliphatic heterocycles. The molecule has 19 heavy (non-hydrogen) atoms. The normalized spacial score (nSPS) is 16.8. The van der Waals surface area contributed by atoms with Gasteiger partial charge in [-0.05, 0) is 18.8 Å². The van der Waals surface area contributed by atoms with Crippen LogP contribution in [0.4, 0.5) is 11.5 Å². The zero-order valence-electron chi connectivity index (χ0n) is 11.7. The first-order valence-electron chi connectivity index (χ1n) is 7.10. The molecule has 100 valence electrons. The van der Waals surface area contributed by atoms with Crippen LogP contribution in [0.25, 0.3) is 10.8 Å². The first-order valence-corrected chi connectivity index (χ1v) is 7.10. The lowest BCUT2D eigenvalue weighted by molar-refractivity contribution is 0.437. The maximum absolute atomic E-state index is 4.69. The highest BCUT2D eigenvalue weighted by Crippen LogP contribution is 2.31. The van der Waals surface area contributed by atoms with Crippen LogP contribution in [0.15, 0.2) is 30.5 Å². The van der Waals surface area contributed by atoms with Crippen molar-refractivity contribution in [1.29, 1.82) is 0 Å². The Morgan fingerprint density at radius 2 is 1.84 bits per heavy atom. The topological polar surface area (TPSA) is 28.2 Å². The summed E-state index contributed by atoms with van der Waals surface area (Å²) in [5, 5.41) is 5.74. The van der Waals surface area contributed by atoms with Gasteiger partial charge in [-0.15, -0.1) is 0 Å². The smallest absolute Gasteiger partial charge is 0.136 e. The Morgan fingerprint density at radius 3 is 2.53 bits per heavy atom. The molecule has 0 aliphatic carbocycles. The minimum Gasteiger partial charge on any atom is -0.386 e. The van der Waals surface area contributed by atoms with Gasteiger partial charge in [-0.2, -0.15) is 0 Å². The third kappa shape index (κ3) is 2.25. The summed E-state index contributed by atoms with van der Waals surface area (Å²) in [5.74, 6) is 1.99. The summed E-state index contributed by atoms with van der Waals surface area (Å²) in [7, 11) is 1.95. The molecule has 1 fully saturated rings. The Hall–Kier alpha value is -1.77. The van der Waals surface area contributed by atoms with Gasteiger partial charge in [0, 0.05) is 30.9 Å². The summed E-state index contributed by atoms with van der Waals surface area (Å²) in [6.07, 6.45) is 4.49. The third-order valence-corrected chi connectivity index (χ3v) is 4.13. The molecule has 2 aromatic rings. The summed E-state index contributed by atoms with van der Waals surface area (Å²) in [6, 6.07) is 8.53. The SMILES string of the molecule is CNc1cnc(N2CCC(C)CC2)c2ccccc12. The predicted octanol–water partition coefficient (Wildman–Crippen LogP) is 3.51. The van der Waals surface area contributed by atoms with E-state index >= 15 is 0 Å². The van der Waals surface area contributed by atoms with Gasteiger partial charge >= 0.3 is 0 Å². The molecule has 0 unspecified atom stereocenters. The number of nitrogens with zero attached hydrogens (tertiary/aromatic N) is 2. The summed E-state index contributed by atoms with van der Waals surface area (Å²) in [5.41, 5.74) is 1.10. The molecule has 0 spiro atoms. The van der Waals surface area contributed by atoms with Crippen LogP contribution in [-0.2, 0) is 0 Å². The van der Waals surface area contributed by atoms with Crippen molar-refractivity contribution in [1.82, 2.24) is 4.98 Å². The number of fused-ring (bicyclic) bond motifs is 1. The van der Waals surface area contributed by atoms with Crippen molar-refractivity contribution in [3.63, 3.8) is 0 Å². The number of piperidine rings is 1. The van der Waals surface area contributed by atoms with Crippen molar-refractivity contribution in [2.45, 2.75) is 19.8 Å². The summed E-state index contributed by atoms with van der Waals surface area (Å²) in [4.78, 5) is 7.12. The van der Waals surface area contributed by atoms with Crippen LogP contribution in [0.3, 0.4) is 0 Å². The average Bonchev–Trinajstić information content (AvgIpc) is 2.47. The monoisotopic (exact) mass is 255 g/mol. The van der Waals surface area contributed by atoms with Crippen LogP contribution < -0.4 is 10.2 Å². The number of hydrogen-bond acceptors (Lipinski definition) is 3. The molecule has 0 atom stereocenters. The molecule has 0 bridgehead atoms. The summed E-state index contributed by atoms with van der Waals surface area (Å²) < 4.78 is 0. The number of anilines is 2. The molecule has 3 rings (SSSR count). The Bertz CT molecular complexity index is 571. The maximum Gasteiger partial charge on any atom is 0.136 e. The number of nitrogens with one attached hydrogen (secondary N) is 1. The van der Waals surface area contributed by atoms with Crippen molar-refractivity contribution in [2.75, 3.05) is 30.4 Å². The van der Waals surface area contributed by atoms with E-state index in [1.165, 1.54) is 23.6 Å². The second kappa shape index (κ2) is 5.08. The van der Waals surface area contributed by atoms with E-state index in [-0.39, 0.29) is 0 Å². The minimum atomic E-state index is 0.846.